The van der Waals surface area contributed by atoms with E-state index in [1.807, 2.05) is 34.6 Å². The molecule has 1 amide bonds. The number of amides is 1. The number of carbonyl (C=O) groups is 1. The van der Waals surface area contributed by atoms with Gasteiger partial charge in [-0.1, -0.05) is 0 Å². The van der Waals surface area contributed by atoms with Crippen molar-refractivity contribution in [2.45, 2.75) is 53.2 Å². The van der Waals surface area contributed by atoms with Crippen molar-refractivity contribution < 1.29 is 14.3 Å². The van der Waals surface area contributed by atoms with Crippen LogP contribution in [0.25, 0.3) is 0 Å². The lowest BCUT2D eigenvalue weighted by Crippen LogP contribution is -2.42. The molecule has 1 aromatic heterocycles. The van der Waals surface area contributed by atoms with Crippen LogP contribution in [0.15, 0.2) is 0 Å². The average molecular weight is 358 g/mol. The van der Waals surface area contributed by atoms with E-state index < -0.39 is 5.60 Å². The number of nitrogens with zero attached hydrogens (tertiary/aromatic N) is 2. The smallest absolute Gasteiger partial charge is 0.410 e. The third kappa shape index (κ3) is 7.15. The van der Waals surface area contributed by atoms with Crippen LogP contribution in [-0.2, 0) is 9.47 Å². The predicted molar refractivity (Wildman–Crippen MR) is 97.7 cm³/mol. The predicted octanol–water partition coefficient (Wildman–Crippen LogP) is 3.29. The minimum Gasteiger partial charge on any atom is -0.444 e. The van der Waals surface area contributed by atoms with Gasteiger partial charge in [0.2, 0.25) is 0 Å². The van der Waals surface area contributed by atoms with Crippen LogP contribution in [0.2, 0.25) is 0 Å². The molecule has 1 aromatic rings. The van der Waals surface area contributed by atoms with Gasteiger partial charge in [-0.3, -0.25) is 0 Å². The zero-order chi connectivity index (χ0) is 18.3. The molecule has 0 fully saturated rings. The monoisotopic (exact) mass is 357 g/mol. The van der Waals surface area contributed by atoms with Crippen LogP contribution >= 0.6 is 11.3 Å². The van der Waals surface area contributed by atoms with Gasteiger partial charge in [0.25, 0.3) is 0 Å². The molecule has 7 heteroatoms. The lowest BCUT2D eigenvalue weighted by Gasteiger charge is -2.27. The second-order valence-electron chi connectivity index (χ2n) is 6.82. The van der Waals surface area contributed by atoms with E-state index in [9.17, 15) is 4.79 Å². The van der Waals surface area contributed by atoms with E-state index >= 15 is 0 Å². The Hall–Kier alpha value is -1.18. The maximum atomic E-state index is 12.3. The fraction of sp³-hybridized carbons (Fsp3) is 0.765. The Bertz CT molecular complexity index is 526. The number of hydrogen-bond acceptors (Lipinski definition) is 6. The minimum atomic E-state index is -0.500. The summed E-state index contributed by atoms with van der Waals surface area (Å²) in [5, 5.41) is 4.53. The van der Waals surface area contributed by atoms with Crippen LogP contribution in [0.4, 0.5) is 4.79 Å². The number of aromatic nitrogens is 1. The standard InChI is InChI=1S/C17H31N3O3S/c1-12(15-13(2)19-14(3)24-15)18-8-9-20(10-11-22-7)16(21)23-17(4,5)6/h12,18H,8-11H2,1-7H3. The number of nitrogens with one attached hydrogen (secondary N) is 1. The van der Waals surface area contributed by atoms with Gasteiger partial charge in [0, 0.05) is 37.7 Å². The van der Waals surface area contributed by atoms with Gasteiger partial charge in [0.05, 0.1) is 17.3 Å². The van der Waals surface area contributed by atoms with Crippen LogP contribution in [0.1, 0.15) is 49.3 Å². The van der Waals surface area contributed by atoms with Crippen LogP contribution in [0.5, 0.6) is 0 Å². The molecule has 6 nitrogen and oxygen atoms in total. The zero-order valence-electron chi connectivity index (χ0n) is 15.9. The van der Waals surface area contributed by atoms with Crippen molar-refractivity contribution in [3.8, 4) is 0 Å². The summed E-state index contributed by atoms with van der Waals surface area (Å²) in [6.07, 6.45) is -0.307. The second kappa shape index (κ2) is 9.34. The largest absolute Gasteiger partial charge is 0.444 e. The molecule has 1 atom stereocenters. The van der Waals surface area contributed by atoms with Gasteiger partial charge in [-0.25, -0.2) is 9.78 Å². The first-order chi connectivity index (χ1) is 11.1. The molecule has 0 bridgehead atoms. The molecule has 0 radical (unpaired) electrons. The summed E-state index contributed by atoms with van der Waals surface area (Å²) < 4.78 is 10.5. The third-order valence-corrected chi connectivity index (χ3v) is 4.64. The molecule has 1 N–H and O–H groups in total. The molecule has 0 aliphatic heterocycles. The number of aryl methyl sites for hydroxylation is 2. The number of methoxy groups -OCH3 is 1. The second-order valence-corrected chi connectivity index (χ2v) is 8.05. The van der Waals surface area contributed by atoms with E-state index in [0.717, 1.165) is 10.7 Å². The van der Waals surface area contributed by atoms with Crippen molar-refractivity contribution in [3.63, 3.8) is 0 Å². The lowest BCUT2D eigenvalue weighted by molar-refractivity contribution is 0.0203. The van der Waals surface area contributed by atoms with Gasteiger partial charge in [-0.05, 0) is 41.5 Å². The summed E-state index contributed by atoms with van der Waals surface area (Å²) >= 11 is 1.71. The quantitative estimate of drug-likeness (QED) is 0.773. The Morgan fingerprint density at radius 2 is 2.00 bits per heavy atom. The van der Waals surface area contributed by atoms with Crippen LogP contribution < -0.4 is 5.32 Å². The Labute approximate surface area is 149 Å². The SMILES string of the molecule is COCCN(CCNC(C)c1sc(C)nc1C)C(=O)OC(C)(C)C. The fourth-order valence-corrected chi connectivity index (χ4v) is 3.23. The van der Waals surface area contributed by atoms with Crippen molar-refractivity contribution >= 4 is 17.4 Å². The fourth-order valence-electron chi connectivity index (χ4n) is 2.28. The maximum Gasteiger partial charge on any atom is 0.410 e. The number of thiazole rings is 1. The Morgan fingerprint density at radius 1 is 1.33 bits per heavy atom. The lowest BCUT2D eigenvalue weighted by atomic mass is 10.2. The molecule has 0 aromatic carbocycles. The van der Waals surface area contributed by atoms with Gasteiger partial charge >= 0.3 is 6.09 Å². The van der Waals surface area contributed by atoms with E-state index in [4.69, 9.17) is 9.47 Å². The van der Waals surface area contributed by atoms with Crippen molar-refractivity contribution in [1.29, 1.82) is 0 Å². The highest BCUT2D eigenvalue weighted by atomic mass is 32.1. The highest BCUT2D eigenvalue weighted by molar-refractivity contribution is 7.11. The van der Waals surface area contributed by atoms with E-state index in [0.29, 0.717) is 26.2 Å². The molecule has 1 rings (SSSR count). The topological polar surface area (TPSA) is 63.7 Å². The number of hydrogen-bond donors (Lipinski definition) is 1. The van der Waals surface area contributed by atoms with Gasteiger partial charge < -0.3 is 19.7 Å². The summed E-state index contributed by atoms with van der Waals surface area (Å²) in [5.74, 6) is 0. The van der Waals surface area contributed by atoms with Crippen molar-refractivity contribution in [3.05, 3.63) is 15.6 Å². The molecule has 138 valence electrons. The zero-order valence-corrected chi connectivity index (χ0v) is 16.7. The molecular weight excluding hydrogens is 326 g/mol. The van der Waals surface area contributed by atoms with Crippen LogP contribution in [0, 0.1) is 13.8 Å². The molecule has 24 heavy (non-hydrogen) atoms. The van der Waals surface area contributed by atoms with E-state index in [1.54, 1.807) is 23.3 Å². The number of carbonyl (C=O) groups excluding carboxylic acids is 1. The normalized spacial score (nSPS) is 13.0. The summed E-state index contributed by atoms with van der Waals surface area (Å²) in [6.45, 7) is 14.0. The van der Waals surface area contributed by atoms with Crippen molar-refractivity contribution in [2.75, 3.05) is 33.4 Å². The number of ether oxygens (including phenoxy) is 2. The van der Waals surface area contributed by atoms with Crippen molar-refractivity contribution in [2.24, 2.45) is 0 Å². The van der Waals surface area contributed by atoms with Crippen molar-refractivity contribution in [1.82, 2.24) is 15.2 Å². The Kier molecular flexibility index (Phi) is 8.12. The first kappa shape index (κ1) is 20.9. The Morgan fingerprint density at radius 3 is 2.50 bits per heavy atom. The first-order valence-electron chi connectivity index (χ1n) is 8.28. The van der Waals surface area contributed by atoms with E-state index in [1.165, 1.54) is 4.88 Å². The maximum absolute atomic E-state index is 12.3. The summed E-state index contributed by atoms with van der Waals surface area (Å²) in [4.78, 5) is 19.7. The first-order valence-corrected chi connectivity index (χ1v) is 9.10. The highest BCUT2D eigenvalue weighted by Gasteiger charge is 2.22. The van der Waals surface area contributed by atoms with Crippen LogP contribution in [-0.4, -0.2) is 54.9 Å². The van der Waals surface area contributed by atoms with Gasteiger partial charge in [-0.15, -0.1) is 11.3 Å². The molecule has 0 saturated heterocycles. The summed E-state index contributed by atoms with van der Waals surface area (Å²) in [5.41, 5.74) is 0.571. The average Bonchev–Trinajstić information content (AvgIpc) is 2.79. The van der Waals surface area contributed by atoms with E-state index in [2.05, 4.69) is 17.2 Å². The number of rotatable bonds is 8. The third-order valence-electron chi connectivity index (χ3n) is 3.38. The molecule has 0 saturated carbocycles. The van der Waals surface area contributed by atoms with Gasteiger partial charge in [0.1, 0.15) is 5.60 Å². The molecule has 1 heterocycles. The van der Waals surface area contributed by atoms with Gasteiger partial charge in [0.15, 0.2) is 0 Å². The summed E-state index contributed by atoms with van der Waals surface area (Å²) in [7, 11) is 1.63. The van der Waals surface area contributed by atoms with E-state index in [-0.39, 0.29) is 12.1 Å². The molecule has 0 aliphatic carbocycles. The van der Waals surface area contributed by atoms with Gasteiger partial charge in [-0.2, -0.15) is 0 Å². The molecular formula is C17H31N3O3S. The Balaban J connectivity index is 2.55. The highest BCUT2D eigenvalue weighted by Crippen LogP contribution is 2.24. The molecule has 1 unspecified atom stereocenters. The molecule has 0 spiro atoms. The van der Waals surface area contributed by atoms with Crippen LogP contribution in [0.3, 0.4) is 0 Å². The summed E-state index contributed by atoms with van der Waals surface area (Å²) in [6, 6.07) is 0.208. The molecule has 0 aliphatic rings. The minimum absolute atomic E-state index is 0.208.